The van der Waals surface area contributed by atoms with Crippen molar-refractivity contribution in [2.75, 3.05) is 32.7 Å². The van der Waals surface area contributed by atoms with Crippen LogP contribution in [0, 0.1) is 0 Å². The van der Waals surface area contributed by atoms with Gasteiger partial charge in [0.15, 0.2) is 0 Å². The molecule has 2 N–H and O–H groups in total. The van der Waals surface area contributed by atoms with E-state index in [-0.39, 0.29) is 5.91 Å². The van der Waals surface area contributed by atoms with Gasteiger partial charge in [-0.2, -0.15) is 0 Å². The average molecular weight is 241 g/mol. The van der Waals surface area contributed by atoms with Crippen molar-refractivity contribution in [1.29, 1.82) is 0 Å². The second-order valence-corrected chi connectivity index (χ2v) is 4.99. The molecule has 1 fully saturated rings. The van der Waals surface area contributed by atoms with Crippen molar-refractivity contribution in [3.8, 4) is 0 Å². The topological polar surface area (TPSA) is 49.6 Å². The van der Waals surface area contributed by atoms with Gasteiger partial charge in [0.1, 0.15) is 0 Å². The first-order valence-corrected chi connectivity index (χ1v) is 6.93. The molecular weight excluding hydrogens is 214 g/mol. The highest BCUT2D eigenvalue weighted by atomic mass is 16.2. The summed E-state index contributed by atoms with van der Waals surface area (Å²) in [6.45, 7) is 8.54. The van der Waals surface area contributed by atoms with Crippen molar-refractivity contribution in [3.05, 3.63) is 0 Å². The van der Waals surface area contributed by atoms with Gasteiger partial charge in [0.2, 0.25) is 5.91 Å². The summed E-state index contributed by atoms with van der Waals surface area (Å²) >= 11 is 0. The molecule has 0 atom stereocenters. The summed E-state index contributed by atoms with van der Waals surface area (Å²) in [6.07, 6.45) is 4.12. The minimum absolute atomic E-state index is 0.282. The summed E-state index contributed by atoms with van der Waals surface area (Å²) in [5.74, 6) is 0.282. The Kier molecular flexibility index (Phi) is 6.52. The molecule has 1 aliphatic heterocycles. The van der Waals surface area contributed by atoms with E-state index >= 15 is 0 Å². The molecular formula is C13H27N3O. The highest BCUT2D eigenvalue weighted by Crippen LogP contribution is 2.08. The van der Waals surface area contributed by atoms with Gasteiger partial charge in [-0.3, -0.25) is 9.69 Å². The number of hydrogen-bond acceptors (Lipinski definition) is 3. The fourth-order valence-electron chi connectivity index (χ4n) is 2.30. The van der Waals surface area contributed by atoms with Gasteiger partial charge in [-0.1, -0.05) is 13.8 Å². The maximum absolute atomic E-state index is 12.1. The van der Waals surface area contributed by atoms with E-state index < -0.39 is 0 Å². The number of hydrogen-bond donors (Lipinski definition) is 1. The highest BCUT2D eigenvalue weighted by molar-refractivity contribution is 5.78. The van der Waals surface area contributed by atoms with E-state index in [0.717, 1.165) is 51.9 Å². The quantitative estimate of drug-likeness (QED) is 0.756. The van der Waals surface area contributed by atoms with Gasteiger partial charge in [-0.05, 0) is 25.7 Å². The van der Waals surface area contributed by atoms with Crippen molar-refractivity contribution in [1.82, 2.24) is 9.80 Å². The van der Waals surface area contributed by atoms with Gasteiger partial charge in [-0.15, -0.1) is 0 Å². The molecule has 4 heteroatoms. The van der Waals surface area contributed by atoms with Crippen LogP contribution in [-0.2, 0) is 4.79 Å². The van der Waals surface area contributed by atoms with E-state index in [1.54, 1.807) is 0 Å². The van der Waals surface area contributed by atoms with Crippen LogP contribution in [0.5, 0.6) is 0 Å². The van der Waals surface area contributed by atoms with Gasteiger partial charge in [0.05, 0.1) is 6.54 Å². The predicted octanol–water partition coefficient (Wildman–Crippen LogP) is 1.06. The first kappa shape index (κ1) is 14.5. The number of nitrogens with zero attached hydrogens (tertiary/aromatic N) is 2. The SMILES string of the molecule is CCCN(CCC)C(=O)CN1CCC(N)CC1. The maximum atomic E-state index is 12.1. The molecule has 17 heavy (non-hydrogen) atoms. The van der Waals surface area contributed by atoms with Crippen LogP contribution in [0.4, 0.5) is 0 Å². The van der Waals surface area contributed by atoms with Gasteiger partial charge < -0.3 is 10.6 Å². The second kappa shape index (κ2) is 7.67. The summed E-state index contributed by atoms with van der Waals surface area (Å²) in [6, 6.07) is 0.337. The summed E-state index contributed by atoms with van der Waals surface area (Å²) < 4.78 is 0. The van der Waals surface area contributed by atoms with E-state index in [4.69, 9.17) is 5.73 Å². The smallest absolute Gasteiger partial charge is 0.236 e. The summed E-state index contributed by atoms with van der Waals surface area (Å²) in [5.41, 5.74) is 5.86. The molecule has 1 heterocycles. The Bertz CT molecular complexity index is 219. The minimum Gasteiger partial charge on any atom is -0.342 e. The Balaban J connectivity index is 2.35. The Labute approximate surface area is 105 Å². The number of carbonyl (C=O) groups is 1. The largest absolute Gasteiger partial charge is 0.342 e. The lowest BCUT2D eigenvalue weighted by Gasteiger charge is -2.31. The summed E-state index contributed by atoms with van der Waals surface area (Å²) in [5, 5.41) is 0. The monoisotopic (exact) mass is 241 g/mol. The second-order valence-electron chi connectivity index (χ2n) is 4.99. The Morgan fingerprint density at radius 2 is 1.76 bits per heavy atom. The molecule has 1 amide bonds. The van der Waals surface area contributed by atoms with Crippen molar-refractivity contribution in [3.63, 3.8) is 0 Å². The zero-order valence-corrected chi connectivity index (χ0v) is 11.3. The van der Waals surface area contributed by atoms with Gasteiger partial charge in [0.25, 0.3) is 0 Å². The molecule has 100 valence electrons. The molecule has 4 nitrogen and oxygen atoms in total. The Hall–Kier alpha value is -0.610. The minimum atomic E-state index is 0.282. The van der Waals surface area contributed by atoms with Crippen LogP contribution in [0.2, 0.25) is 0 Å². The normalized spacial score (nSPS) is 18.3. The van der Waals surface area contributed by atoms with E-state index in [9.17, 15) is 4.79 Å². The average Bonchev–Trinajstić information content (AvgIpc) is 2.32. The summed E-state index contributed by atoms with van der Waals surface area (Å²) in [7, 11) is 0. The van der Waals surface area contributed by atoms with Crippen LogP contribution in [0.15, 0.2) is 0 Å². The van der Waals surface area contributed by atoms with Gasteiger partial charge in [0, 0.05) is 32.2 Å². The van der Waals surface area contributed by atoms with Crippen LogP contribution < -0.4 is 5.73 Å². The van der Waals surface area contributed by atoms with Crippen molar-refractivity contribution in [2.24, 2.45) is 5.73 Å². The fraction of sp³-hybridized carbons (Fsp3) is 0.923. The van der Waals surface area contributed by atoms with Crippen LogP contribution >= 0.6 is 0 Å². The standard InChI is InChI=1S/C13H27N3O/c1-3-7-16(8-4-2)13(17)11-15-9-5-12(14)6-10-15/h12H,3-11,14H2,1-2H3. The van der Waals surface area contributed by atoms with E-state index in [0.29, 0.717) is 12.6 Å². The zero-order chi connectivity index (χ0) is 12.7. The molecule has 0 radical (unpaired) electrons. The van der Waals surface area contributed by atoms with E-state index in [2.05, 4.69) is 18.7 Å². The lowest BCUT2D eigenvalue weighted by Crippen LogP contribution is -2.46. The molecule has 0 saturated carbocycles. The molecule has 0 spiro atoms. The molecule has 0 bridgehead atoms. The van der Waals surface area contributed by atoms with E-state index in [1.807, 2.05) is 4.90 Å². The molecule has 0 aromatic rings. The number of likely N-dealkylation sites (tertiary alicyclic amines) is 1. The first-order valence-electron chi connectivity index (χ1n) is 6.93. The number of amides is 1. The molecule has 0 aromatic heterocycles. The Morgan fingerprint density at radius 1 is 1.24 bits per heavy atom. The third kappa shape index (κ3) is 5.04. The lowest BCUT2D eigenvalue weighted by atomic mass is 10.1. The number of piperidine rings is 1. The van der Waals surface area contributed by atoms with Crippen molar-refractivity contribution >= 4 is 5.91 Å². The zero-order valence-electron chi connectivity index (χ0n) is 11.3. The van der Waals surface area contributed by atoms with Crippen molar-refractivity contribution in [2.45, 2.75) is 45.6 Å². The van der Waals surface area contributed by atoms with Gasteiger partial charge >= 0.3 is 0 Å². The van der Waals surface area contributed by atoms with E-state index in [1.165, 1.54) is 0 Å². The number of rotatable bonds is 6. The molecule has 1 saturated heterocycles. The third-order valence-corrected chi connectivity index (χ3v) is 3.33. The molecule has 0 aliphatic carbocycles. The Morgan fingerprint density at radius 3 is 2.24 bits per heavy atom. The summed E-state index contributed by atoms with van der Waals surface area (Å²) in [4.78, 5) is 16.4. The molecule has 0 aromatic carbocycles. The fourth-order valence-corrected chi connectivity index (χ4v) is 2.30. The predicted molar refractivity (Wildman–Crippen MR) is 70.8 cm³/mol. The van der Waals surface area contributed by atoms with Crippen LogP contribution in [0.1, 0.15) is 39.5 Å². The lowest BCUT2D eigenvalue weighted by molar-refractivity contribution is -0.132. The van der Waals surface area contributed by atoms with Crippen LogP contribution in [-0.4, -0.2) is 54.5 Å². The number of carbonyl (C=O) groups excluding carboxylic acids is 1. The van der Waals surface area contributed by atoms with Crippen LogP contribution in [0.3, 0.4) is 0 Å². The maximum Gasteiger partial charge on any atom is 0.236 e. The van der Waals surface area contributed by atoms with Crippen molar-refractivity contribution < 1.29 is 4.79 Å². The third-order valence-electron chi connectivity index (χ3n) is 3.33. The first-order chi connectivity index (χ1) is 8.17. The van der Waals surface area contributed by atoms with Crippen LogP contribution in [0.25, 0.3) is 0 Å². The molecule has 0 unspecified atom stereocenters. The molecule has 1 aliphatic rings. The number of nitrogens with two attached hydrogens (primary N) is 1. The highest BCUT2D eigenvalue weighted by Gasteiger charge is 2.20. The molecule has 1 rings (SSSR count). The van der Waals surface area contributed by atoms with Gasteiger partial charge in [-0.25, -0.2) is 0 Å².